The van der Waals surface area contributed by atoms with Crippen molar-refractivity contribution < 1.29 is 29.9 Å². The van der Waals surface area contributed by atoms with Crippen LogP contribution in [0.15, 0.2) is 97.1 Å². The van der Waals surface area contributed by atoms with E-state index >= 15 is 0 Å². The van der Waals surface area contributed by atoms with Crippen LogP contribution in [0, 0.1) is 12.8 Å². The largest absolute Gasteiger partial charge is 0.494 e. The van der Waals surface area contributed by atoms with Gasteiger partial charge in [-0.3, -0.25) is 9.13 Å². The third-order valence-electron chi connectivity index (χ3n) is 9.75. The van der Waals surface area contributed by atoms with E-state index in [-0.39, 0.29) is 28.9 Å². The summed E-state index contributed by atoms with van der Waals surface area (Å²) in [6.45, 7) is 8.85. The smallest absolute Gasteiger partial charge is 0.207 e. The highest BCUT2D eigenvalue weighted by Gasteiger charge is 2.42. The van der Waals surface area contributed by atoms with Gasteiger partial charge < -0.3 is 29.9 Å². The molecule has 1 aliphatic carbocycles. The minimum atomic E-state index is -0.223. The highest BCUT2D eigenvalue weighted by molar-refractivity contribution is 6.12. The summed E-state index contributed by atoms with van der Waals surface area (Å²) >= 11 is 0. The van der Waals surface area contributed by atoms with Crippen LogP contribution >= 0.6 is 0 Å². The molecule has 49 heavy (non-hydrogen) atoms. The minimum absolute atomic E-state index is 0.177. The second-order valence-corrected chi connectivity index (χ2v) is 13.5. The monoisotopic (exact) mass is 656 g/mol. The highest BCUT2D eigenvalue weighted by atomic mass is 16.5. The van der Waals surface area contributed by atoms with Gasteiger partial charge in [0.1, 0.15) is 23.0 Å². The van der Waals surface area contributed by atoms with E-state index in [1.54, 1.807) is 24.3 Å². The van der Waals surface area contributed by atoms with Crippen LogP contribution in [0.25, 0.3) is 27.9 Å². The molecule has 0 saturated carbocycles. The van der Waals surface area contributed by atoms with E-state index < -0.39 is 0 Å². The average Bonchev–Trinajstić information content (AvgIpc) is 3.39. The number of rotatable bonds is 10. The molecule has 0 radical (unpaired) electrons. The Kier molecular flexibility index (Phi) is 7.82. The minimum Gasteiger partial charge on any atom is -0.494 e. The Morgan fingerprint density at radius 3 is 1.35 bits per heavy atom. The van der Waals surface area contributed by atoms with Gasteiger partial charge in [-0.15, -0.1) is 0 Å². The van der Waals surface area contributed by atoms with Crippen LogP contribution in [0.2, 0.25) is 0 Å². The fourth-order valence-corrected chi connectivity index (χ4v) is 6.69. The molecular weight excluding hydrogens is 616 g/mol. The summed E-state index contributed by atoms with van der Waals surface area (Å²) in [7, 11) is 1.51. The molecular formula is C41H40N2O6. The van der Waals surface area contributed by atoms with E-state index in [4.69, 9.17) is 9.47 Å². The number of hydrogen-bond donors (Lipinski definition) is 4. The Bertz CT molecular complexity index is 2090. The van der Waals surface area contributed by atoms with Crippen molar-refractivity contribution in [2.45, 2.75) is 46.0 Å². The molecule has 4 aromatic carbocycles. The maximum absolute atomic E-state index is 11.0. The van der Waals surface area contributed by atoms with Crippen molar-refractivity contribution in [3.8, 4) is 74.5 Å². The Hall–Kier alpha value is -5.76. The Morgan fingerprint density at radius 1 is 0.571 bits per heavy atom. The molecule has 250 valence electrons. The molecule has 8 nitrogen and oxygen atoms in total. The second kappa shape index (κ2) is 12.0. The van der Waals surface area contributed by atoms with Crippen LogP contribution in [0.4, 0.5) is 0 Å². The predicted octanol–water partition coefficient (Wildman–Crippen LogP) is 9.92. The topological polar surface area (TPSA) is 109 Å². The molecule has 8 heteroatoms. The lowest BCUT2D eigenvalue weighted by Gasteiger charge is -2.32. The summed E-state index contributed by atoms with van der Waals surface area (Å²) in [6.07, 6.45) is 2.06. The summed E-state index contributed by atoms with van der Waals surface area (Å²) in [4.78, 5) is 0. The van der Waals surface area contributed by atoms with Crippen LogP contribution in [0.5, 0.6) is 46.5 Å². The summed E-state index contributed by atoms with van der Waals surface area (Å²) in [5, 5.41) is 42.7. The van der Waals surface area contributed by atoms with Crippen molar-refractivity contribution in [1.82, 2.24) is 9.13 Å². The summed E-state index contributed by atoms with van der Waals surface area (Å²) in [5.41, 5.74) is 5.10. The summed E-state index contributed by atoms with van der Waals surface area (Å²) in [5.74, 6) is 2.65. The van der Waals surface area contributed by atoms with Crippen LogP contribution in [0.3, 0.4) is 0 Å². The van der Waals surface area contributed by atoms with Gasteiger partial charge in [-0.05, 0) is 97.5 Å². The van der Waals surface area contributed by atoms with Crippen LogP contribution in [0.1, 0.15) is 50.3 Å². The van der Waals surface area contributed by atoms with Crippen molar-refractivity contribution in [3.63, 3.8) is 0 Å². The van der Waals surface area contributed by atoms with Crippen molar-refractivity contribution in [3.05, 3.63) is 114 Å². The molecule has 1 unspecified atom stereocenters. The lowest BCUT2D eigenvalue weighted by atomic mass is 9.72. The van der Waals surface area contributed by atoms with E-state index in [0.29, 0.717) is 45.4 Å². The quantitative estimate of drug-likeness (QED) is 0.117. The first-order chi connectivity index (χ1) is 23.5. The van der Waals surface area contributed by atoms with E-state index in [1.807, 2.05) is 48.5 Å². The number of aromatic nitrogens is 2. The molecule has 0 amide bonds. The number of aryl methyl sites for hydroxylation is 1. The fraction of sp³-hybridized carbons (Fsp3) is 0.220. The Balaban J connectivity index is 1.09. The molecule has 1 aliphatic rings. The van der Waals surface area contributed by atoms with Gasteiger partial charge in [0, 0.05) is 12.5 Å². The molecule has 1 atom stereocenters. The SMILES string of the molecule is Cc1ccc(Oc2ccc(C(C)(CCC(C)C)c3ccc(Oc4ccc(-n5c(O)c6c(c5O)-c5c-6c(O)n(C)c5O)cc4)cc3)cc2)cc1. The number of nitrogens with zero attached hydrogens (tertiary/aromatic N) is 2. The Labute approximate surface area is 285 Å². The molecule has 7 rings (SSSR count). The zero-order valence-corrected chi connectivity index (χ0v) is 28.2. The number of fused-ring (bicyclic) bond motifs is 4. The average molecular weight is 657 g/mol. The first kappa shape index (κ1) is 31.8. The molecule has 2 aromatic heterocycles. The zero-order valence-electron chi connectivity index (χ0n) is 28.2. The molecule has 0 saturated heterocycles. The molecule has 6 aromatic rings. The van der Waals surface area contributed by atoms with Gasteiger partial charge in [-0.1, -0.05) is 62.7 Å². The lowest BCUT2D eigenvalue weighted by Crippen LogP contribution is -2.24. The van der Waals surface area contributed by atoms with Gasteiger partial charge in [0.05, 0.1) is 27.9 Å². The van der Waals surface area contributed by atoms with E-state index in [9.17, 15) is 20.4 Å². The standard InChI is InChI=1S/C41H40N2O6/c1-24(2)22-23-41(4,26-8-16-30(17-9-26)48-29-14-6-25(3)7-15-29)27-10-18-31(19-11-27)49-32-20-12-28(13-21-32)43-39(46)35-33-34(36(35)40(43)47)38(45)42(5)37(33)44/h6-21,24,44-47H,22-23H2,1-5H3. The van der Waals surface area contributed by atoms with Crippen molar-refractivity contribution in [1.29, 1.82) is 0 Å². The highest BCUT2D eigenvalue weighted by Crippen LogP contribution is 2.65. The van der Waals surface area contributed by atoms with Gasteiger partial charge >= 0.3 is 0 Å². The molecule has 4 N–H and O–H groups in total. The van der Waals surface area contributed by atoms with Gasteiger partial charge in [0.15, 0.2) is 0 Å². The molecule has 2 heterocycles. The van der Waals surface area contributed by atoms with Gasteiger partial charge in [0.2, 0.25) is 23.5 Å². The van der Waals surface area contributed by atoms with E-state index in [0.717, 1.165) is 24.3 Å². The third kappa shape index (κ3) is 5.43. The van der Waals surface area contributed by atoms with Crippen molar-refractivity contribution in [2.75, 3.05) is 0 Å². The third-order valence-corrected chi connectivity index (χ3v) is 9.75. The van der Waals surface area contributed by atoms with E-state index in [1.165, 1.54) is 32.9 Å². The zero-order chi connectivity index (χ0) is 34.6. The molecule has 0 aliphatic heterocycles. The number of hydrogen-bond acceptors (Lipinski definition) is 6. The molecule has 0 spiro atoms. The molecule has 0 bridgehead atoms. The lowest BCUT2D eigenvalue weighted by molar-refractivity contribution is 0.387. The maximum atomic E-state index is 11.0. The summed E-state index contributed by atoms with van der Waals surface area (Å²) < 4.78 is 14.8. The normalized spacial score (nSPS) is 13.0. The van der Waals surface area contributed by atoms with Crippen molar-refractivity contribution >= 4 is 0 Å². The van der Waals surface area contributed by atoms with Gasteiger partial charge in [-0.25, -0.2) is 0 Å². The Morgan fingerprint density at radius 2 is 0.939 bits per heavy atom. The second-order valence-electron chi connectivity index (χ2n) is 13.5. The molecule has 0 fully saturated rings. The van der Waals surface area contributed by atoms with Crippen LogP contribution in [-0.2, 0) is 12.5 Å². The van der Waals surface area contributed by atoms with E-state index in [2.05, 4.69) is 52.0 Å². The first-order valence-corrected chi connectivity index (χ1v) is 16.5. The van der Waals surface area contributed by atoms with Crippen molar-refractivity contribution in [2.24, 2.45) is 13.0 Å². The summed E-state index contributed by atoms with van der Waals surface area (Å²) in [6, 6.07) is 31.6. The van der Waals surface area contributed by atoms with Gasteiger partial charge in [-0.2, -0.15) is 0 Å². The first-order valence-electron chi connectivity index (χ1n) is 16.5. The van der Waals surface area contributed by atoms with Gasteiger partial charge in [0.25, 0.3) is 0 Å². The fourth-order valence-electron chi connectivity index (χ4n) is 6.69. The maximum Gasteiger partial charge on any atom is 0.207 e. The van der Waals surface area contributed by atoms with Crippen LogP contribution in [-0.4, -0.2) is 29.6 Å². The number of ether oxygens (including phenoxy) is 2. The predicted molar refractivity (Wildman–Crippen MR) is 191 cm³/mol. The van der Waals surface area contributed by atoms with Crippen LogP contribution < -0.4 is 9.47 Å². The number of benzene rings is 4. The number of aromatic hydroxyl groups is 4.